The Hall–Kier alpha value is -1.43. The number of nitrogens with zero attached hydrogens (tertiary/aromatic N) is 2. The van der Waals surface area contributed by atoms with Crippen molar-refractivity contribution in [3.63, 3.8) is 0 Å². The molecular weight excluding hydrogens is 186 g/mol. The minimum absolute atomic E-state index is 0.0569. The number of esters is 1. The Balaban J connectivity index is 2.13. The van der Waals surface area contributed by atoms with Crippen LogP contribution in [0.15, 0.2) is 4.52 Å². The fraction of sp³-hybridized carbons (Fsp3) is 0.625. The van der Waals surface area contributed by atoms with Crippen LogP contribution in [0.2, 0.25) is 0 Å². The average molecular weight is 197 g/mol. The number of aromatic nitrogens is 2. The van der Waals surface area contributed by atoms with E-state index in [2.05, 4.69) is 10.1 Å². The Morgan fingerprint density at radius 1 is 1.71 bits per heavy atom. The van der Waals surface area contributed by atoms with E-state index in [1.54, 1.807) is 6.92 Å². The van der Waals surface area contributed by atoms with Crippen molar-refractivity contribution in [3.8, 4) is 0 Å². The molecule has 1 aliphatic rings. The van der Waals surface area contributed by atoms with Crippen LogP contribution in [0.1, 0.15) is 36.3 Å². The molecule has 0 amide bonds. The van der Waals surface area contributed by atoms with E-state index in [9.17, 15) is 4.79 Å². The van der Waals surface area contributed by atoms with Gasteiger partial charge in [-0.3, -0.25) is 0 Å². The number of hydrogen-bond donors (Lipinski definition) is 1. The molecule has 0 spiro atoms. The lowest BCUT2D eigenvalue weighted by atomic mass is 10.3. The van der Waals surface area contributed by atoms with E-state index in [1.165, 1.54) is 0 Å². The molecule has 0 unspecified atom stereocenters. The molecule has 0 atom stereocenters. The normalized spacial score (nSPS) is 17.9. The molecule has 0 bridgehead atoms. The molecule has 1 saturated carbocycles. The predicted octanol–water partition coefficient (Wildman–Crippen LogP) is 0.194. The van der Waals surface area contributed by atoms with E-state index in [0.717, 1.165) is 12.8 Å². The highest BCUT2D eigenvalue weighted by Crippen LogP contribution is 2.41. The van der Waals surface area contributed by atoms with Gasteiger partial charge < -0.3 is 15.0 Å². The van der Waals surface area contributed by atoms with E-state index in [0.29, 0.717) is 5.89 Å². The van der Waals surface area contributed by atoms with E-state index in [1.807, 2.05) is 0 Å². The van der Waals surface area contributed by atoms with Gasteiger partial charge in [0.15, 0.2) is 0 Å². The molecule has 1 aromatic heterocycles. The standard InChI is InChI=1S/C8H11N3O3/c1-2-13-6(12)5-10-7(14-11-5)8(9)3-4-8/h2-4,9H2,1H3. The Labute approximate surface area is 80.4 Å². The predicted molar refractivity (Wildman–Crippen MR) is 45.4 cm³/mol. The lowest BCUT2D eigenvalue weighted by Gasteiger charge is -1.97. The molecule has 6 nitrogen and oxygen atoms in total. The second-order valence-electron chi connectivity index (χ2n) is 3.30. The summed E-state index contributed by atoms with van der Waals surface area (Å²) in [6.07, 6.45) is 1.63. The second kappa shape index (κ2) is 3.06. The van der Waals surface area contributed by atoms with Gasteiger partial charge >= 0.3 is 5.97 Å². The van der Waals surface area contributed by atoms with Crippen molar-refractivity contribution in [1.29, 1.82) is 0 Å². The van der Waals surface area contributed by atoms with Crippen LogP contribution in [0.5, 0.6) is 0 Å². The molecule has 1 heterocycles. The Morgan fingerprint density at radius 2 is 2.43 bits per heavy atom. The highest BCUT2D eigenvalue weighted by atomic mass is 16.5. The van der Waals surface area contributed by atoms with Gasteiger partial charge in [-0.25, -0.2) is 4.79 Å². The van der Waals surface area contributed by atoms with E-state index < -0.39 is 11.5 Å². The summed E-state index contributed by atoms with van der Waals surface area (Å²) in [4.78, 5) is 15.0. The Morgan fingerprint density at radius 3 is 3.00 bits per heavy atom. The highest BCUT2D eigenvalue weighted by Gasteiger charge is 2.46. The van der Waals surface area contributed by atoms with Gasteiger partial charge in [-0.1, -0.05) is 0 Å². The number of hydrogen-bond acceptors (Lipinski definition) is 6. The SMILES string of the molecule is CCOC(=O)c1noc(C2(N)CC2)n1. The van der Waals surface area contributed by atoms with Gasteiger partial charge in [0, 0.05) is 0 Å². The average Bonchev–Trinajstić information content (AvgIpc) is 2.72. The maximum atomic E-state index is 11.2. The van der Waals surface area contributed by atoms with Gasteiger partial charge in [-0.15, -0.1) is 0 Å². The van der Waals surface area contributed by atoms with Crippen LogP contribution in [0.4, 0.5) is 0 Å². The zero-order valence-electron chi connectivity index (χ0n) is 7.82. The summed E-state index contributed by atoms with van der Waals surface area (Å²) in [6, 6.07) is 0. The minimum Gasteiger partial charge on any atom is -0.460 e. The summed E-state index contributed by atoms with van der Waals surface area (Å²) in [5, 5.41) is 3.50. The van der Waals surface area contributed by atoms with Gasteiger partial charge in [0.2, 0.25) is 5.89 Å². The van der Waals surface area contributed by atoms with Gasteiger partial charge in [0.05, 0.1) is 12.1 Å². The van der Waals surface area contributed by atoms with Gasteiger partial charge in [0.1, 0.15) is 0 Å². The summed E-state index contributed by atoms with van der Waals surface area (Å²) in [6.45, 7) is 2.00. The van der Waals surface area contributed by atoms with Crippen LogP contribution in [-0.2, 0) is 10.3 Å². The van der Waals surface area contributed by atoms with Crippen molar-refractivity contribution in [2.75, 3.05) is 6.61 Å². The maximum absolute atomic E-state index is 11.2. The largest absolute Gasteiger partial charge is 0.460 e. The molecule has 76 valence electrons. The summed E-state index contributed by atoms with van der Waals surface area (Å²) >= 11 is 0. The molecular formula is C8H11N3O3. The molecule has 1 fully saturated rings. The number of carbonyl (C=O) groups is 1. The first-order valence-electron chi connectivity index (χ1n) is 4.46. The van der Waals surface area contributed by atoms with Crippen LogP contribution in [0.25, 0.3) is 0 Å². The van der Waals surface area contributed by atoms with Gasteiger partial charge in [-0.05, 0) is 24.9 Å². The molecule has 1 aliphatic carbocycles. The van der Waals surface area contributed by atoms with Gasteiger partial charge in [0.25, 0.3) is 5.82 Å². The number of nitrogens with two attached hydrogens (primary N) is 1. The molecule has 6 heteroatoms. The Bertz CT molecular complexity index is 356. The monoisotopic (exact) mass is 197 g/mol. The summed E-state index contributed by atoms with van der Waals surface area (Å²) in [7, 11) is 0. The van der Waals surface area contributed by atoms with Crippen LogP contribution >= 0.6 is 0 Å². The van der Waals surface area contributed by atoms with Crippen LogP contribution in [0.3, 0.4) is 0 Å². The first kappa shape index (κ1) is 9.14. The van der Waals surface area contributed by atoms with Crippen molar-refractivity contribution < 1.29 is 14.1 Å². The molecule has 14 heavy (non-hydrogen) atoms. The summed E-state index contributed by atoms with van der Waals surface area (Å²) in [5.74, 6) is -0.314. The number of carbonyl (C=O) groups excluding carboxylic acids is 1. The van der Waals surface area contributed by atoms with Crippen molar-refractivity contribution in [3.05, 3.63) is 11.7 Å². The third-order valence-electron chi connectivity index (χ3n) is 2.10. The maximum Gasteiger partial charge on any atom is 0.379 e. The van der Waals surface area contributed by atoms with Crippen molar-refractivity contribution in [2.45, 2.75) is 25.3 Å². The zero-order valence-corrected chi connectivity index (χ0v) is 7.82. The molecule has 2 N–H and O–H groups in total. The molecule has 0 aliphatic heterocycles. The third kappa shape index (κ3) is 1.48. The van der Waals surface area contributed by atoms with Crippen LogP contribution in [0, 0.1) is 0 Å². The molecule has 1 aromatic rings. The minimum atomic E-state index is -0.577. The van der Waals surface area contributed by atoms with Gasteiger partial charge in [-0.2, -0.15) is 4.98 Å². The number of ether oxygens (including phenoxy) is 1. The topological polar surface area (TPSA) is 91.2 Å². The van der Waals surface area contributed by atoms with Crippen LogP contribution in [-0.4, -0.2) is 22.7 Å². The first-order valence-corrected chi connectivity index (χ1v) is 4.46. The quantitative estimate of drug-likeness (QED) is 0.695. The summed E-state index contributed by atoms with van der Waals surface area (Å²) in [5.41, 5.74) is 5.30. The smallest absolute Gasteiger partial charge is 0.379 e. The van der Waals surface area contributed by atoms with Crippen LogP contribution < -0.4 is 5.73 Å². The van der Waals surface area contributed by atoms with Crippen molar-refractivity contribution in [1.82, 2.24) is 10.1 Å². The van der Waals surface area contributed by atoms with E-state index >= 15 is 0 Å². The lowest BCUT2D eigenvalue weighted by molar-refractivity contribution is 0.0508. The molecule has 0 aromatic carbocycles. The van der Waals surface area contributed by atoms with Crippen molar-refractivity contribution >= 4 is 5.97 Å². The third-order valence-corrected chi connectivity index (χ3v) is 2.10. The second-order valence-corrected chi connectivity index (χ2v) is 3.30. The summed E-state index contributed by atoms with van der Waals surface area (Å²) < 4.78 is 9.58. The zero-order chi connectivity index (χ0) is 10.2. The highest BCUT2D eigenvalue weighted by molar-refractivity contribution is 5.84. The fourth-order valence-corrected chi connectivity index (χ4v) is 1.05. The lowest BCUT2D eigenvalue weighted by Crippen LogP contribution is -2.19. The Kier molecular flexibility index (Phi) is 1.99. The molecule has 0 radical (unpaired) electrons. The molecule has 2 rings (SSSR count). The van der Waals surface area contributed by atoms with E-state index in [4.69, 9.17) is 15.0 Å². The fourth-order valence-electron chi connectivity index (χ4n) is 1.05. The molecule has 0 saturated heterocycles. The first-order chi connectivity index (χ1) is 6.65. The van der Waals surface area contributed by atoms with Crippen molar-refractivity contribution in [2.24, 2.45) is 5.73 Å². The number of rotatable bonds is 3. The van der Waals surface area contributed by atoms with E-state index in [-0.39, 0.29) is 12.4 Å².